The summed E-state index contributed by atoms with van der Waals surface area (Å²) in [5, 5.41) is 19.5. The monoisotopic (exact) mass is 278 g/mol. The van der Waals surface area contributed by atoms with Crippen molar-refractivity contribution in [2.45, 2.75) is 56.4 Å². The van der Waals surface area contributed by atoms with Gasteiger partial charge in [0.15, 0.2) is 5.69 Å². The third-order valence-corrected chi connectivity index (χ3v) is 4.53. The average molecular weight is 278 g/mol. The second-order valence-corrected chi connectivity index (χ2v) is 6.13. The number of aromatic amines is 1. The van der Waals surface area contributed by atoms with Gasteiger partial charge in [-0.15, -0.1) is 0 Å². The molecule has 0 unspecified atom stereocenters. The third kappa shape index (κ3) is 2.40. The lowest BCUT2D eigenvalue weighted by Gasteiger charge is -2.36. The molecule has 1 aromatic rings. The van der Waals surface area contributed by atoms with Crippen LogP contribution in [0.3, 0.4) is 0 Å². The van der Waals surface area contributed by atoms with Crippen LogP contribution < -0.4 is 11.1 Å². The minimum Gasteiger partial charge on any atom is -0.395 e. The van der Waals surface area contributed by atoms with E-state index in [0.717, 1.165) is 50.6 Å². The molecule has 2 aliphatic rings. The molecular weight excluding hydrogens is 256 g/mol. The van der Waals surface area contributed by atoms with Crippen molar-refractivity contribution >= 4 is 11.6 Å². The highest BCUT2D eigenvalue weighted by molar-refractivity contribution is 5.98. The fourth-order valence-corrected chi connectivity index (χ4v) is 3.07. The molecule has 20 heavy (non-hydrogen) atoms. The number of amides is 1. The van der Waals surface area contributed by atoms with Gasteiger partial charge in [0, 0.05) is 5.92 Å². The van der Waals surface area contributed by atoms with Crippen LogP contribution in [0, 0.1) is 0 Å². The molecular formula is C14H22N4O2. The molecule has 3 rings (SSSR count). The number of hydrogen-bond donors (Lipinski definition) is 4. The van der Waals surface area contributed by atoms with E-state index < -0.39 is 5.54 Å². The summed E-state index contributed by atoms with van der Waals surface area (Å²) in [6, 6.07) is 0. The van der Waals surface area contributed by atoms with E-state index in [2.05, 4.69) is 15.5 Å². The fourth-order valence-electron chi connectivity index (χ4n) is 3.07. The van der Waals surface area contributed by atoms with E-state index in [9.17, 15) is 9.90 Å². The Labute approximate surface area is 118 Å². The highest BCUT2D eigenvalue weighted by Gasteiger charge is 2.35. The van der Waals surface area contributed by atoms with Crippen molar-refractivity contribution in [3.05, 3.63) is 11.4 Å². The number of carbonyl (C=O) groups excluding carboxylic acids is 1. The minimum absolute atomic E-state index is 0.0292. The van der Waals surface area contributed by atoms with Crippen LogP contribution in [0.5, 0.6) is 0 Å². The van der Waals surface area contributed by atoms with Crippen molar-refractivity contribution in [1.29, 1.82) is 0 Å². The van der Waals surface area contributed by atoms with Crippen LogP contribution in [0.2, 0.25) is 0 Å². The summed E-state index contributed by atoms with van der Waals surface area (Å²) in [5.41, 5.74) is 7.14. The zero-order chi connectivity index (χ0) is 14.2. The number of H-pyrrole nitrogens is 1. The first-order valence-electron chi connectivity index (χ1n) is 7.42. The topological polar surface area (TPSA) is 104 Å². The summed E-state index contributed by atoms with van der Waals surface area (Å²) in [6.45, 7) is -0.0292. The van der Waals surface area contributed by atoms with Gasteiger partial charge in [-0.1, -0.05) is 19.3 Å². The molecule has 0 saturated heterocycles. The van der Waals surface area contributed by atoms with Gasteiger partial charge in [0.2, 0.25) is 0 Å². The Hall–Kier alpha value is -1.56. The summed E-state index contributed by atoms with van der Waals surface area (Å²) in [6.07, 6.45) is 7.06. The van der Waals surface area contributed by atoms with E-state index in [4.69, 9.17) is 5.73 Å². The van der Waals surface area contributed by atoms with Gasteiger partial charge in [0.25, 0.3) is 5.91 Å². The van der Waals surface area contributed by atoms with Crippen molar-refractivity contribution < 1.29 is 9.90 Å². The van der Waals surface area contributed by atoms with Gasteiger partial charge in [-0.2, -0.15) is 5.10 Å². The number of hydrogen-bond acceptors (Lipinski definition) is 4. The van der Waals surface area contributed by atoms with Crippen LogP contribution in [-0.2, 0) is 0 Å². The highest BCUT2D eigenvalue weighted by Crippen LogP contribution is 2.42. The normalized spacial score (nSPS) is 21.6. The Morgan fingerprint density at radius 2 is 2.10 bits per heavy atom. The fraction of sp³-hybridized carbons (Fsp3) is 0.714. The Morgan fingerprint density at radius 1 is 1.40 bits per heavy atom. The molecule has 2 aliphatic carbocycles. The van der Waals surface area contributed by atoms with Crippen molar-refractivity contribution in [1.82, 2.24) is 15.5 Å². The maximum Gasteiger partial charge on any atom is 0.274 e. The van der Waals surface area contributed by atoms with Crippen molar-refractivity contribution in [2.75, 3.05) is 12.3 Å². The van der Waals surface area contributed by atoms with E-state index in [1.165, 1.54) is 0 Å². The molecule has 5 N–H and O–H groups in total. The Kier molecular flexibility index (Phi) is 3.41. The molecule has 2 saturated carbocycles. The lowest BCUT2D eigenvalue weighted by molar-refractivity contribution is 0.0754. The summed E-state index contributed by atoms with van der Waals surface area (Å²) in [7, 11) is 0. The number of carbonyl (C=O) groups is 1. The van der Waals surface area contributed by atoms with Crippen molar-refractivity contribution in [3.63, 3.8) is 0 Å². The number of aliphatic hydroxyl groups excluding tert-OH is 1. The molecule has 2 fully saturated rings. The molecule has 1 amide bonds. The van der Waals surface area contributed by atoms with Gasteiger partial charge in [-0.3, -0.25) is 9.89 Å². The molecule has 0 atom stereocenters. The van der Waals surface area contributed by atoms with Crippen molar-refractivity contribution in [2.24, 2.45) is 0 Å². The summed E-state index contributed by atoms with van der Waals surface area (Å²) in [4.78, 5) is 12.4. The number of nitrogens with zero attached hydrogens (tertiary/aromatic N) is 1. The molecule has 1 aromatic heterocycles. The quantitative estimate of drug-likeness (QED) is 0.666. The number of nitrogens with one attached hydrogen (secondary N) is 2. The molecule has 0 spiro atoms. The molecule has 0 bridgehead atoms. The van der Waals surface area contributed by atoms with Crippen LogP contribution >= 0.6 is 0 Å². The van der Waals surface area contributed by atoms with Gasteiger partial charge < -0.3 is 16.2 Å². The van der Waals surface area contributed by atoms with Gasteiger partial charge in [-0.05, 0) is 25.7 Å². The molecule has 6 heteroatoms. The van der Waals surface area contributed by atoms with Gasteiger partial charge >= 0.3 is 0 Å². The number of nitrogen functional groups attached to an aromatic ring is 1. The summed E-state index contributed by atoms with van der Waals surface area (Å²) in [5.74, 6) is 0.159. The second-order valence-electron chi connectivity index (χ2n) is 6.13. The Bertz CT molecular complexity index is 501. The summed E-state index contributed by atoms with van der Waals surface area (Å²) < 4.78 is 0. The van der Waals surface area contributed by atoms with E-state index in [0.29, 0.717) is 11.6 Å². The molecule has 0 aromatic carbocycles. The summed E-state index contributed by atoms with van der Waals surface area (Å²) >= 11 is 0. The van der Waals surface area contributed by atoms with Gasteiger partial charge in [0.1, 0.15) is 0 Å². The molecule has 0 radical (unpaired) electrons. The first-order chi connectivity index (χ1) is 9.65. The van der Waals surface area contributed by atoms with Crippen LogP contribution in [0.15, 0.2) is 0 Å². The zero-order valence-corrected chi connectivity index (χ0v) is 11.6. The standard InChI is InChI=1S/C14H22N4O2/c15-10-11(9-4-5-9)17-18-12(10)13(20)16-14(8-19)6-2-1-3-7-14/h9,19H,1-8,15H2,(H,16,20)(H,17,18). The largest absolute Gasteiger partial charge is 0.395 e. The number of anilines is 1. The average Bonchev–Trinajstić information content (AvgIpc) is 3.22. The highest BCUT2D eigenvalue weighted by atomic mass is 16.3. The number of nitrogens with two attached hydrogens (primary N) is 1. The van der Waals surface area contributed by atoms with E-state index in [-0.39, 0.29) is 18.2 Å². The second kappa shape index (κ2) is 5.09. The number of aliphatic hydroxyl groups is 1. The third-order valence-electron chi connectivity index (χ3n) is 4.53. The molecule has 1 heterocycles. The lowest BCUT2D eigenvalue weighted by atomic mass is 9.82. The predicted molar refractivity (Wildman–Crippen MR) is 75.3 cm³/mol. The van der Waals surface area contributed by atoms with E-state index >= 15 is 0 Å². The van der Waals surface area contributed by atoms with Gasteiger partial charge in [0.05, 0.1) is 23.5 Å². The maximum atomic E-state index is 12.4. The van der Waals surface area contributed by atoms with Crippen LogP contribution in [-0.4, -0.2) is 33.4 Å². The van der Waals surface area contributed by atoms with Crippen LogP contribution in [0.1, 0.15) is 67.0 Å². The molecule has 6 nitrogen and oxygen atoms in total. The van der Waals surface area contributed by atoms with E-state index in [1.54, 1.807) is 0 Å². The first-order valence-corrected chi connectivity index (χ1v) is 7.42. The number of rotatable bonds is 4. The Morgan fingerprint density at radius 3 is 2.70 bits per heavy atom. The zero-order valence-electron chi connectivity index (χ0n) is 11.6. The van der Waals surface area contributed by atoms with Crippen molar-refractivity contribution in [3.8, 4) is 0 Å². The lowest BCUT2D eigenvalue weighted by Crippen LogP contribution is -2.52. The van der Waals surface area contributed by atoms with Gasteiger partial charge in [-0.25, -0.2) is 0 Å². The first kappa shape index (κ1) is 13.4. The maximum absolute atomic E-state index is 12.4. The van der Waals surface area contributed by atoms with E-state index in [1.807, 2.05) is 0 Å². The Balaban J connectivity index is 1.75. The smallest absolute Gasteiger partial charge is 0.274 e. The predicted octanol–water partition coefficient (Wildman–Crippen LogP) is 1.29. The number of aromatic nitrogens is 2. The van der Waals surface area contributed by atoms with Crippen LogP contribution in [0.4, 0.5) is 5.69 Å². The molecule has 0 aliphatic heterocycles. The minimum atomic E-state index is -0.500. The van der Waals surface area contributed by atoms with Crippen LogP contribution in [0.25, 0.3) is 0 Å². The SMILES string of the molecule is Nc1c(C(=O)NC2(CO)CCCCC2)n[nH]c1C1CC1. The molecule has 110 valence electrons.